The summed E-state index contributed by atoms with van der Waals surface area (Å²) < 4.78 is 5.49. The minimum Gasteiger partial charge on any atom is -0.480 e. The topological polar surface area (TPSA) is 107 Å². The summed E-state index contributed by atoms with van der Waals surface area (Å²) in [7, 11) is 0. The summed E-state index contributed by atoms with van der Waals surface area (Å²) >= 11 is 0. The second-order valence-corrected chi connectivity index (χ2v) is 7.17. The number of amides is 2. The van der Waals surface area contributed by atoms with Crippen LogP contribution in [0.25, 0.3) is 0 Å². The standard InChI is InChI=1S/C22H24N2O6/c25-20(26)19-12-11-18(14-24(19)21(27)28)23(13-16-7-3-1-4-8-16)22(29)30-15-17-9-5-2-6-10-17/h1-10,18-19H,11-15H2,(H,25,26)(H,27,28)/t18?,19-/m0/s1. The van der Waals surface area contributed by atoms with Gasteiger partial charge in [-0.3, -0.25) is 9.80 Å². The van der Waals surface area contributed by atoms with Crippen LogP contribution in [-0.4, -0.2) is 56.8 Å². The summed E-state index contributed by atoms with van der Waals surface area (Å²) in [5.41, 5.74) is 1.71. The molecule has 0 bridgehead atoms. The van der Waals surface area contributed by atoms with Crippen LogP contribution in [0.15, 0.2) is 60.7 Å². The fraction of sp³-hybridized carbons (Fsp3) is 0.318. The molecule has 1 saturated heterocycles. The number of aliphatic carboxylic acids is 1. The molecule has 30 heavy (non-hydrogen) atoms. The number of benzene rings is 2. The smallest absolute Gasteiger partial charge is 0.410 e. The van der Waals surface area contributed by atoms with E-state index in [1.165, 1.54) is 4.90 Å². The van der Waals surface area contributed by atoms with E-state index in [0.717, 1.165) is 16.0 Å². The van der Waals surface area contributed by atoms with E-state index < -0.39 is 30.2 Å². The van der Waals surface area contributed by atoms with E-state index in [9.17, 15) is 24.6 Å². The number of ether oxygens (including phenoxy) is 1. The highest BCUT2D eigenvalue weighted by Gasteiger charge is 2.39. The third kappa shape index (κ3) is 5.28. The molecule has 0 spiro atoms. The van der Waals surface area contributed by atoms with Crippen molar-refractivity contribution in [2.24, 2.45) is 0 Å². The number of carboxylic acid groups (broad SMARTS) is 2. The monoisotopic (exact) mass is 412 g/mol. The van der Waals surface area contributed by atoms with Crippen LogP contribution in [0, 0.1) is 0 Å². The minimum absolute atomic E-state index is 0.0838. The molecule has 1 heterocycles. The van der Waals surface area contributed by atoms with Crippen LogP contribution < -0.4 is 0 Å². The molecule has 1 unspecified atom stereocenters. The average molecular weight is 412 g/mol. The first kappa shape index (κ1) is 21.2. The van der Waals surface area contributed by atoms with Crippen LogP contribution in [0.3, 0.4) is 0 Å². The average Bonchev–Trinajstić information content (AvgIpc) is 2.76. The highest BCUT2D eigenvalue weighted by Crippen LogP contribution is 2.24. The molecule has 2 aromatic rings. The Morgan fingerprint density at radius 1 is 0.933 bits per heavy atom. The van der Waals surface area contributed by atoms with Gasteiger partial charge in [-0.2, -0.15) is 0 Å². The lowest BCUT2D eigenvalue weighted by Crippen LogP contribution is -2.56. The van der Waals surface area contributed by atoms with Crippen molar-refractivity contribution in [2.45, 2.75) is 38.1 Å². The van der Waals surface area contributed by atoms with E-state index in [1.807, 2.05) is 60.7 Å². The number of likely N-dealkylation sites (tertiary alicyclic amines) is 1. The first-order chi connectivity index (χ1) is 14.5. The molecule has 1 aliphatic rings. The summed E-state index contributed by atoms with van der Waals surface area (Å²) in [4.78, 5) is 38.3. The van der Waals surface area contributed by atoms with Gasteiger partial charge in [0.15, 0.2) is 0 Å². The number of hydrogen-bond donors (Lipinski definition) is 2. The van der Waals surface area contributed by atoms with Gasteiger partial charge in [-0.25, -0.2) is 14.4 Å². The Hall–Kier alpha value is -3.55. The molecule has 0 aliphatic carbocycles. The highest BCUT2D eigenvalue weighted by molar-refractivity contribution is 5.79. The van der Waals surface area contributed by atoms with Crippen molar-refractivity contribution >= 4 is 18.2 Å². The maximum absolute atomic E-state index is 12.9. The van der Waals surface area contributed by atoms with Gasteiger partial charge in [-0.15, -0.1) is 0 Å². The van der Waals surface area contributed by atoms with Crippen molar-refractivity contribution in [3.63, 3.8) is 0 Å². The van der Waals surface area contributed by atoms with Crippen LogP contribution in [0.1, 0.15) is 24.0 Å². The van der Waals surface area contributed by atoms with Gasteiger partial charge in [0.05, 0.1) is 6.04 Å². The Morgan fingerprint density at radius 2 is 1.53 bits per heavy atom. The Labute approximate surface area is 174 Å². The number of carbonyl (C=O) groups is 3. The van der Waals surface area contributed by atoms with E-state index in [-0.39, 0.29) is 26.1 Å². The van der Waals surface area contributed by atoms with Gasteiger partial charge in [0.1, 0.15) is 12.6 Å². The van der Waals surface area contributed by atoms with E-state index in [4.69, 9.17) is 4.74 Å². The molecular weight excluding hydrogens is 388 g/mol. The predicted molar refractivity (Wildman–Crippen MR) is 108 cm³/mol. The van der Waals surface area contributed by atoms with Crippen molar-refractivity contribution in [3.8, 4) is 0 Å². The SMILES string of the molecule is O=C(O)[C@@H]1CCC(N(Cc2ccccc2)C(=O)OCc2ccccc2)CN1C(=O)O. The summed E-state index contributed by atoms with van der Waals surface area (Å²) in [6, 6.07) is 17.0. The van der Waals surface area contributed by atoms with E-state index >= 15 is 0 Å². The molecule has 2 atom stereocenters. The third-order valence-electron chi connectivity index (χ3n) is 5.16. The van der Waals surface area contributed by atoms with Gasteiger partial charge in [0.2, 0.25) is 0 Å². The first-order valence-corrected chi connectivity index (χ1v) is 9.69. The fourth-order valence-electron chi connectivity index (χ4n) is 3.60. The first-order valence-electron chi connectivity index (χ1n) is 9.69. The van der Waals surface area contributed by atoms with Crippen LogP contribution in [0.2, 0.25) is 0 Å². The van der Waals surface area contributed by atoms with Crippen molar-refractivity contribution < 1.29 is 29.3 Å². The molecule has 2 N–H and O–H groups in total. The number of carbonyl (C=O) groups excluding carboxylic acids is 1. The maximum atomic E-state index is 12.9. The molecule has 8 heteroatoms. The van der Waals surface area contributed by atoms with Gasteiger partial charge in [0.25, 0.3) is 0 Å². The van der Waals surface area contributed by atoms with Gasteiger partial charge >= 0.3 is 18.2 Å². The summed E-state index contributed by atoms with van der Waals surface area (Å²) in [5.74, 6) is -1.18. The Morgan fingerprint density at radius 3 is 2.10 bits per heavy atom. The summed E-state index contributed by atoms with van der Waals surface area (Å²) in [6.07, 6.45) is -1.38. The summed E-state index contributed by atoms with van der Waals surface area (Å²) in [5, 5.41) is 18.8. The largest absolute Gasteiger partial charge is 0.480 e. The van der Waals surface area contributed by atoms with Crippen LogP contribution >= 0.6 is 0 Å². The van der Waals surface area contributed by atoms with E-state index in [0.29, 0.717) is 6.42 Å². The molecule has 2 amide bonds. The molecule has 0 saturated carbocycles. The Kier molecular flexibility index (Phi) is 6.90. The minimum atomic E-state index is -1.32. The summed E-state index contributed by atoms with van der Waals surface area (Å²) in [6.45, 7) is 0.252. The van der Waals surface area contributed by atoms with Crippen molar-refractivity contribution in [1.29, 1.82) is 0 Å². The molecule has 0 radical (unpaired) electrons. The molecular formula is C22H24N2O6. The lowest BCUT2D eigenvalue weighted by Gasteiger charge is -2.40. The molecule has 158 valence electrons. The van der Waals surface area contributed by atoms with Gasteiger partial charge in [0, 0.05) is 13.1 Å². The highest BCUT2D eigenvalue weighted by atomic mass is 16.6. The number of nitrogens with zero attached hydrogens (tertiary/aromatic N) is 2. The molecule has 3 rings (SSSR count). The van der Waals surface area contributed by atoms with Gasteiger partial charge in [-0.1, -0.05) is 60.7 Å². The Bertz CT molecular complexity index is 874. The number of hydrogen-bond acceptors (Lipinski definition) is 4. The number of rotatable bonds is 6. The zero-order chi connectivity index (χ0) is 21.5. The van der Waals surface area contributed by atoms with Gasteiger partial charge in [-0.05, 0) is 24.0 Å². The zero-order valence-corrected chi connectivity index (χ0v) is 16.4. The van der Waals surface area contributed by atoms with Crippen molar-refractivity contribution in [3.05, 3.63) is 71.8 Å². The van der Waals surface area contributed by atoms with Gasteiger partial charge < -0.3 is 14.9 Å². The normalized spacial score (nSPS) is 18.5. The number of piperidine rings is 1. The lowest BCUT2D eigenvalue weighted by atomic mass is 9.97. The quantitative estimate of drug-likeness (QED) is 0.753. The molecule has 0 aromatic heterocycles. The Balaban J connectivity index is 1.77. The fourth-order valence-corrected chi connectivity index (χ4v) is 3.60. The second kappa shape index (κ2) is 9.78. The predicted octanol–water partition coefficient (Wildman–Crippen LogP) is 3.42. The van der Waals surface area contributed by atoms with Crippen molar-refractivity contribution in [1.82, 2.24) is 9.80 Å². The van der Waals surface area contributed by atoms with Crippen LogP contribution in [0.5, 0.6) is 0 Å². The van der Waals surface area contributed by atoms with Crippen LogP contribution in [0.4, 0.5) is 9.59 Å². The van der Waals surface area contributed by atoms with Crippen LogP contribution in [-0.2, 0) is 22.7 Å². The number of carboxylic acids is 1. The lowest BCUT2D eigenvalue weighted by molar-refractivity contribution is -0.144. The molecule has 8 nitrogen and oxygen atoms in total. The van der Waals surface area contributed by atoms with Crippen molar-refractivity contribution in [2.75, 3.05) is 6.54 Å². The molecule has 2 aromatic carbocycles. The third-order valence-corrected chi connectivity index (χ3v) is 5.16. The zero-order valence-electron chi connectivity index (χ0n) is 16.4. The van der Waals surface area contributed by atoms with E-state index in [2.05, 4.69) is 0 Å². The second-order valence-electron chi connectivity index (χ2n) is 7.17. The molecule has 1 aliphatic heterocycles. The molecule has 1 fully saturated rings. The van der Waals surface area contributed by atoms with E-state index in [1.54, 1.807) is 0 Å². The maximum Gasteiger partial charge on any atom is 0.410 e.